The zero-order chi connectivity index (χ0) is 16.2. The smallest absolute Gasteiger partial charge is 0.0300 e. The average Bonchev–Trinajstić information content (AvgIpc) is 2.49. The van der Waals surface area contributed by atoms with Gasteiger partial charge in [-0.1, -0.05) is 83.0 Å². The van der Waals surface area contributed by atoms with Crippen LogP contribution in [0.15, 0.2) is 42.5 Å². The molecule has 22 heavy (non-hydrogen) atoms. The molecule has 0 aliphatic carbocycles. The van der Waals surface area contributed by atoms with Gasteiger partial charge < -0.3 is 5.32 Å². The van der Waals surface area contributed by atoms with Crippen molar-refractivity contribution in [2.45, 2.75) is 66.0 Å². The van der Waals surface area contributed by atoms with E-state index in [1.807, 2.05) is 0 Å². The first kappa shape index (κ1) is 17.0. The van der Waals surface area contributed by atoms with E-state index in [0.29, 0.717) is 12.1 Å². The summed E-state index contributed by atoms with van der Waals surface area (Å²) in [7, 11) is 0. The second-order valence-electron chi connectivity index (χ2n) is 7.52. The zero-order valence-electron chi connectivity index (χ0n) is 14.8. The third kappa shape index (κ3) is 4.10. The summed E-state index contributed by atoms with van der Waals surface area (Å²) in [4.78, 5) is 0. The summed E-state index contributed by atoms with van der Waals surface area (Å²) < 4.78 is 0. The highest BCUT2D eigenvalue weighted by molar-refractivity contribution is 5.86. The normalized spacial score (nSPS) is 15.0. The second kappa shape index (κ2) is 7.28. The summed E-state index contributed by atoms with van der Waals surface area (Å²) in [5.74, 6) is 0. The van der Waals surface area contributed by atoms with Crippen molar-refractivity contribution in [3.63, 3.8) is 0 Å². The van der Waals surface area contributed by atoms with Gasteiger partial charge in [0.2, 0.25) is 0 Å². The molecule has 1 N–H and O–H groups in total. The summed E-state index contributed by atoms with van der Waals surface area (Å²) in [6.07, 6.45) is 3.79. The molecule has 0 fully saturated rings. The summed E-state index contributed by atoms with van der Waals surface area (Å²) in [6, 6.07) is 16.2. The van der Waals surface area contributed by atoms with Gasteiger partial charge in [0.05, 0.1) is 0 Å². The van der Waals surface area contributed by atoms with Crippen molar-refractivity contribution >= 4 is 10.8 Å². The third-order valence-electron chi connectivity index (χ3n) is 4.63. The number of benzene rings is 2. The summed E-state index contributed by atoms with van der Waals surface area (Å²) in [5, 5.41) is 6.60. The Hall–Kier alpha value is -1.34. The van der Waals surface area contributed by atoms with Crippen LogP contribution in [0, 0.1) is 5.41 Å². The van der Waals surface area contributed by atoms with E-state index in [9.17, 15) is 0 Å². The van der Waals surface area contributed by atoms with Gasteiger partial charge in [-0.2, -0.15) is 0 Å². The fraction of sp³-hybridized carbons (Fsp3) is 0.524. The average molecular weight is 297 g/mol. The molecule has 2 rings (SSSR count). The van der Waals surface area contributed by atoms with Gasteiger partial charge in [-0.25, -0.2) is 0 Å². The first-order valence-electron chi connectivity index (χ1n) is 8.67. The molecular weight excluding hydrogens is 266 g/mol. The van der Waals surface area contributed by atoms with Crippen LogP contribution in [0.4, 0.5) is 0 Å². The van der Waals surface area contributed by atoms with Gasteiger partial charge in [0.15, 0.2) is 0 Å². The van der Waals surface area contributed by atoms with Crippen molar-refractivity contribution < 1.29 is 0 Å². The van der Waals surface area contributed by atoms with Crippen LogP contribution >= 0.6 is 0 Å². The minimum Gasteiger partial charge on any atom is -0.307 e. The first-order valence-corrected chi connectivity index (χ1v) is 8.67. The van der Waals surface area contributed by atoms with E-state index in [2.05, 4.69) is 82.4 Å². The third-order valence-corrected chi connectivity index (χ3v) is 4.63. The summed E-state index contributed by atoms with van der Waals surface area (Å²) >= 11 is 0. The molecule has 1 nitrogen and oxygen atoms in total. The van der Waals surface area contributed by atoms with Crippen molar-refractivity contribution in [3.8, 4) is 0 Å². The lowest BCUT2D eigenvalue weighted by atomic mass is 9.83. The first-order chi connectivity index (χ1) is 10.4. The monoisotopic (exact) mass is 297 g/mol. The maximum atomic E-state index is 3.90. The van der Waals surface area contributed by atoms with Gasteiger partial charge in [-0.05, 0) is 35.1 Å². The molecule has 0 aliphatic rings. The molecule has 0 radical (unpaired) electrons. The fourth-order valence-electron chi connectivity index (χ4n) is 3.19. The highest BCUT2D eigenvalue weighted by atomic mass is 15.0. The Morgan fingerprint density at radius 2 is 1.68 bits per heavy atom. The van der Waals surface area contributed by atoms with Crippen LogP contribution in [-0.4, -0.2) is 6.04 Å². The Morgan fingerprint density at radius 3 is 2.36 bits per heavy atom. The predicted molar refractivity (Wildman–Crippen MR) is 98.3 cm³/mol. The van der Waals surface area contributed by atoms with Crippen molar-refractivity contribution in [1.82, 2.24) is 5.32 Å². The lowest BCUT2D eigenvalue weighted by Crippen LogP contribution is -2.41. The molecule has 0 aromatic heterocycles. The topological polar surface area (TPSA) is 12.0 Å². The predicted octanol–water partition coefficient (Wildman–Crippen LogP) is 6.10. The number of nitrogens with one attached hydrogen (secondary N) is 1. The lowest BCUT2D eigenvalue weighted by Gasteiger charge is -2.34. The zero-order valence-corrected chi connectivity index (χ0v) is 14.8. The van der Waals surface area contributed by atoms with E-state index in [1.165, 1.54) is 35.6 Å². The van der Waals surface area contributed by atoms with Crippen molar-refractivity contribution in [3.05, 3.63) is 48.0 Å². The van der Waals surface area contributed by atoms with Gasteiger partial charge in [0.25, 0.3) is 0 Å². The van der Waals surface area contributed by atoms with E-state index in [0.717, 1.165) is 0 Å². The van der Waals surface area contributed by atoms with E-state index < -0.39 is 0 Å². The second-order valence-corrected chi connectivity index (χ2v) is 7.52. The molecule has 0 heterocycles. The van der Waals surface area contributed by atoms with Crippen LogP contribution in [0.1, 0.15) is 65.5 Å². The fourth-order valence-corrected chi connectivity index (χ4v) is 3.19. The molecule has 2 aromatic rings. The van der Waals surface area contributed by atoms with Gasteiger partial charge >= 0.3 is 0 Å². The lowest BCUT2D eigenvalue weighted by molar-refractivity contribution is 0.234. The van der Waals surface area contributed by atoms with Crippen molar-refractivity contribution in [2.24, 2.45) is 5.41 Å². The number of rotatable bonds is 6. The summed E-state index contributed by atoms with van der Waals surface area (Å²) in [5.41, 5.74) is 1.69. The molecule has 0 unspecified atom stereocenters. The highest BCUT2D eigenvalue weighted by Gasteiger charge is 2.25. The SMILES string of the molecule is CCCC[C@H](N[C@H](C)c1cccc2ccccc12)C(C)(C)C. The van der Waals surface area contributed by atoms with E-state index in [-0.39, 0.29) is 5.41 Å². The molecule has 120 valence electrons. The molecule has 0 aliphatic heterocycles. The Labute approximate surface area is 136 Å². The van der Waals surface area contributed by atoms with Crippen molar-refractivity contribution in [1.29, 1.82) is 0 Å². The quantitative estimate of drug-likeness (QED) is 0.679. The molecule has 0 spiro atoms. The number of fused-ring (bicyclic) bond motifs is 1. The van der Waals surface area contributed by atoms with Crippen LogP contribution in [0.3, 0.4) is 0 Å². The highest BCUT2D eigenvalue weighted by Crippen LogP contribution is 2.29. The largest absolute Gasteiger partial charge is 0.307 e. The van der Waals surface area contributed by atoms with E-state index in [1.54, 1.807) is 0 Å². The molecular formula is C21H31N. The number of hydrogen-bond donors (Lipinski definition) is 1. The van der Waals surface area contributed by atoms with Gasteiger partial charge in [-0.3, -0.25) is 0 Å². The van der Waals surface area contributed by atoms with Gasteiger partial charge in [0.1, 0.15) is 0 Å². The van der Waals surface area contributed by atoms with Gasteiger partial charge in [0, 0.05) is 12.1 Å². The molecule has 1 heteroatoms. The van der Waals surface area contributed by atoms with Gasteiger partial charge in [-0.15, -0.1) is 0 Å². The van der Waals surface area contributed by atoms with E-state index >= 15 is 0 Å². The maximum absolute atomic E-state index is 3.90. The molecule has 2 atom stereocenters. The summed E-state index contributed by atoms with van der Waals surface area (Å²) in [6.45, 7) is 11.6. The Bertz CT molecular complexity index is 589. The van der Waals surface area contributed by atoms with Crippen LogP contribution < -0.4 is 5.32 Å². The Morgan fingerprint density at radius 1 is 1.00 bits per heavy atom. The van der Waals surface area contributed by atoms with Crippen molar-refractivity contribution in [2.75, 3.05) is 0 Å². The van der Waals surface area contributed by atoms with Crippen LogP contribution in [0.2, 0.25) is 0 Å². The molecule has 0 saturated carbocycles. The minimum absolute atomic E-state index is 0.286. The molecule has 2 aromatic carbocycles. The van der Waals surface area contributed by atoms with Crippen LogP contribution in [0.25, 0.3) is 10.8 Å². The van der Waals surface area contributed by atoms with Crippen LogP contribution in [-0.2, 0) is 0 Å². The standard InChI is InChI=1S/C21H31N/c1-6-7-15-20(21(3,4)5)22-16(2)18-14-10-12-17-11-8-9-13-19(17)18/h8-14,16,20,22H,6-7,15H2,1-5H3/t16-,20+/m1/s1. The molecule has 0 amide bonds. The number of hydrogen-bond acceptors (Lipinski definition) is 1. The Kier molecular flexibility index (Phi) is 5.63. The Balaban J connectivity index is 2.23. The maximum Gasteiger partial charge on any atom is 0.0300 e. The minimum atomic E-state index is 0.286. The van der Waals surface area contributed by atoms with E-state index in [4.69, 9.17) is 0 Å². The van der Waals surface area contributed by atoms with Crippen LogP contribution in [0.5, 0.6) is 0 Å². The number of unbranched alkanes of at least 4 members (excludes halogenated alkanes) is 1. The molecule has 0 saturated heterocycles. The molecule has 0 bridgehead atoms.